The van der Waals surface area contributed by atoms with Crippen LogP contribution in [0.25, 0.3) is 0 Å². The summed E-state index contributed by atoms with van der Waals surface area (Å²) in [4.78, 5) is 34.5. The molecular formula is C10H16N2O4. The molecule has 90 valence electrons. The Hall–Kier alpha value is -1.43. The summed E-state index contributed by atoms with van der Waals surface area (Å²) in [5.74, 6) is -1.61. The molecule has 1 heterocycles. The van der Waals surface area contributed by atoms with E-state index < -0.39 is 12.0 Å². The van der Waals surface area contributed by atoms with Crippen LogP contribution < -0.4 is 5.32 Å². The Kier molecular flexibility index (Phi) is 4.42. The lowest BCUT2D eigenvalue weighted by Gasteiger charge is -2.20. The number of carboxylic acid groups (broad SMARTS) is 1. The summed E-state index contributed by atoms with van der Waals surface area (Å²) in [7, 11) is 0. The quantitative estimate of drug-likeness (QED) is 0.603. The molecule has 0 bridgehead atoms. The average molecular weight is 228 g/mol. The number of amides is 2. The van der Waals surface area contributed by atoms with Gasteiger partial charge in [0.15, 0.2) is 0 Å². The molecule has 1 fully saturated rings. The first-order chi connectivity index (χ1) is 7.56. The summed E-state index contributed by atoms with van der Waals surface area (Å²) in [6.07, 6.45) is 1.18. The Morgan fingerprint density at radius 1 is 1.44 bits per heavy atom. The van der Waals surface area contributed by atoms with Gasteiger partial charge >= 0.3 is 5.97 Å². The zero-order valence-electron chi connectivity index (χ0n) is 9.23. The third kappa shape index (κ3) is 3.03. The maximum Gasteiger partial charge on any atom is 0.322 e. The van der Waals surface area contributed by atoms with Gasteiger partial charge in [0.2, 0.25) is 11.8 Å². The fourth-order valence-electron chi connectivity index (χ4n) is 1.56. The lowest BCUT2D eigenvalue weighted by Crippen LogP contribution is -2.47. The molecular weight excluding hydrogens is 212 g/mol. The van der Waals surface area contributed by atoms with E-state index in [2.05, 4.69) is 5.32 Å². The van der Waals surface area contributed by atoms with Crippen molar-refractivity contribution in [3.63, 3.8) is 0 Å². The van der Waals surface area contributed by atoms with Gasteiger partial charge in [-0.15, -0.1) is 0 Å². The third-order valence-electron chi connectivity index (χ3n) is 2.46. The minimum Gasteiger partial charge on any atom is -0.480 e. The van der Waals surface area contributed by atoms with Gasteiger partial charge in [-0.3, -0.25) is 19.3 Å². The summed E-state index contributed by atoms with van der Waals surface area (Å²) < 4.78 is 0. The van der Waals surface area contributed by atoms with Gasteiger partial charge in [-0.25, -0.2) is 0 Å². The van der Waals surface area contributed by atoms with E-state index in [4.69, 9.17) is 5.11 Å². The zero-order valence-corrected chi connectivity index (χ0v) is 9.23. The lowest BCUT2D eigenvalue weighted by atomic mass is 10.2. The van der Waals surface area contributed by atoms with Crippen molar-refractivity contribution in [1.82, 2.24) is 10.2 Å². The molecule has 0 spiro atoms. The Morgan fingerprint density at radius 2 is 2.00 bits per heavy atom. The normalized spacial score (nSPS) is 17.9. The molecule has 1 saturated heterocycles. The lowest BCUT2D eigenvalue weighted by molar-refractivity contribution is -0.143. The Bertz CT molecular complexity index is 287. The van der Waals surface area contributed by atoms with Crippen LogP contribution in [0.4, 0.5) is 0 Å². The van der Waals surface area contributed by atoms with Crippen molar-refractivity contribution in [2.45, 2.75) is 32.2 Å². The van der Waals surface area contributed by atoms with Crippen molar-refractivity contribution in [3.8, 4) is 0 Å². The molecule has 0 saturated carbocycles. The highest BCUT2D eigenvalue weighted by Crippen LogP contribution is 2.11. The molecule has 6 nitrogen and oxygen atoms in total. The summed E-state index contributed by atoms with van der Waals surface area (Å²) in [5, 5.41) is 11.7. The first kappa shape index (κ1) is 12.6. The molecule has 0 aliphatic carbocycles. The molecule has 0 aromatic heterocycles. The molecule has 0 aromatic rings. The Balaban J connectivity index is 2.56. The van der Waals surface area contributed by atoms with Crippen LogP contribution in [0, 0.1) is 0 Å². The van der Waals surface area contributed by atoms with E-state index in [-0.39, 0.29) is 31.2 Å². The fourth-order valence-corrected chi connectivity index (χ4v) is 1.56. The van der Waals surface area contributed by atoms with Crippen molar-refractivity contribution < 1.29 is 19.5 Å². The van der Waals surface area contributed by atoms with E-state index in [9.17, 15) is 14.4 Å². The van der Waals surface area contributed by atoms with E-state index >= 15 is 0 Å². The number of hydrogen-bond acceptors (Lipinski definition) is 4. The van der Waals surface area contributed by atoms with Gasteiger partial charge < -0.3 is 10.4 Å². The number of carbonyl (C=O) groups is 3. The van der Waals surface area contributed by atoms with Gasteiger partial charge in [-0.05, 0) is 13.0 Å². The maximum atomic E-state index is 11.3. The van der Waals surface area contributed by atoms with E-state index in [1.807, 2.05) is 6.92 Å². The van der Waals surface area contributed by atoms with Crippen molar-refractivity contribution in [1.29, 1.82) is 0 Å². The van der Waals surface area contributed by atoms with Crippen LogP contribution in [0.5, 0.6) is 0 Å². The standard InChI is InChI=1S/C10H16N2O4/c1-2-5-11-7(10(15)16)6-12-8(13)3-4-9(12)14/h7,11H,2-6H2,1H3,(H,15,16). The van der Waals surface area contributed by atoms with Gasteiger partial charge in [-0.2, -0.15) is 0 Å². The summed E-state index contributed by atoms with van der Waals surface area (Å²) >= 11 is 0. The van der Waals surface area contributed by atoms with Crippen LogP contribution in [-0.2, 0) is 14.4 Å². The van der Waals surface area contributed by atoms with Crippen molar-refractivity contribution >= 4 is 17.8 Å². The number of imide groups is 1. The van der Waals surface area contributed by atoms with Crippen LogP contribution in [0.15, 0.2) is 0 Å². The molecule has 2 N–H and O–H groups in total. The van der Waals surface area contributed by atoms with Crippen molar-refractivity contribution in [2.24, 2.45) is 0 Å². The Labute approximate surface area is 93.6 Å². The molecule has 1 aliphatic heterocycles. The highest BCUT2D eigenvalue weighted by atomic mass is 16.4. The smallest absolute Gasteiger partial charge is 0.322 e. The fraction of sp³-hybridized carbons (Fsp3) is 0.700. The number of carboxylic acids is 1. The molecule has 2 amide bonds. The first-order valence-electron chi connectivity index (χ1n) is 5.35. The minimum absolute atomic E-state index is 0.0764. The highest BCUT2D eigenvalue weighted by molar-refractivity contribution is 6.02. The molecule has 16 heavy (non-hydrogen) atoms. The Morgan fingerprint density at radius 3 is 2.44 bits per heavy atom. The number of hydrogen-bond donors (Lipinski definition) is 2. The zero-order chi connectivity index (χ0) is 12.1. The molecule has 1 aliphatic rings. The summed E-state index contributed by atoms with van der Waals surface area (Å²) in [6.45, 7) is 2.39. The number of aliphatic carboxylic acids is 1. The molecule has 0 radical (unpaired) electrons. The van der Waals surface area contributed by atoms with Gasteiger partial charge in [0.05, 0.1) is 6.54 Å². The molecule has 6 heteroatoms. The largest absolute Gasteiger partial charge is 0.480 e. The molecule has 1 atom stereocenters. The van der Waals surface area contributed by atoms with Crippen LogP contribution in [0.2, 0.25) is 0 Å². The highest BCUT2D eigenvalue weighted by Gasteiger charge is 2.32. The van der Waals surface area contributed by atoms with Crippen LogP contribution in [-0.4, -0.2) is 46.9 Å². The second-order valence-electron chi connectivity index (χ2n) is 3.74. The molecule has 1 rings (SSSR count). The van der Waals surface area contributed by atoms with Crippen molar-refractivity contribution in [3.05, 3.63) is 0 Å². The van der Waals surface area contributed by atoms with E-state index in [1.165, 1.54) is 0 Å². The topological polar surface area (TPSA) is 86.7 Å². The number of nitrogens with one attached hydrogen (secondary N) is 1. The van der Waals surface area contributed by atoms with Crippen LogP contribution in [0.3, 0.4) is 0 Å². The van der Waals surface area contributed by atoms with Gasteiger partial charge in [0.1, 0.15) is 6.04 Å². The predicted octanol–water partition coefficient (Wildman–Crippen LogP) is -0.412. The SMILES string of the molecule is CCCNC(CN1C(=O)CCC1=O)C(=O)O. The number of likely N-dealkylation sites (tertiary alicyclic amines) is 1. The number of nitrogens with zero attached hydrogens (tertiary/aromatic N) is 1. The summed E-state index contributed by atoms with van der Waals surface area (Å²) in [5.41, 5.74) is 0. The van der Waals surface area contributed by atoms with E-state index in [0.717, 1.165) is 11.3 Å². The van der Waals surface area contributed by atoms with E-state index in [0.29, 0.717) is 6.54 Å². The van der Waals surface area contributed by atoms with Gasteiger partial charge in [0.25, 0.3) is 0 Å². The second-order valence-corrected chi connectivity index (χ2v) is 3.74. The predicted molar refractivity (Wildman–Crippen MR) is 55.7 cm³/mol. The van der Waals surface area contributed by atoms with Gasteiger partial charge in [0, 0.05) is 12.8 Å². The average Bonchev–Trinajstić information content (AvgIpc) is 2.54. The van der Waals surface area contributed by atoms with Crippen LogP contribution >= 0.6 is 0 Å². The monoisotopic (exact) mass is 228 g/mol. The van der Waals surface area contributed by atoms with Crippen molar-refractivity contribution in [2.75, 3.05) is 13.1 Å². The molecule has 1 unspecified atom stereocenters. The third-order valence-corrected chi connectivity index (χ3v) is 2.46. The minimum atomic E-state index is -1.04. The van der Waals surface area contributed by atoms with Crippen LogP contribution in [0.1, 0.15) is 26.2 Å². The first-order valence-corrected chi connectivity index (χ1v) is 5.35. The molecule has 0 aromatic carbocycles. The number of rotatable bonds is 6. The number of carbonyl (C=O) groups excluding carboxylic acids is 2. The van der Waals surface area contributed by atoms with E-state index in [1.54, 1.807) is 0 Å². The summed E-state index contributed by atoms with van der Waals surface area (Å²) in [6, 6.07) is -0.869. The van der Waals surface area contributed by atoms with Gasteiger partial charge in [-0.1, -0.05) is 6.92 Å². The maximum absolute atomic E-state index is 11.3. The second kappa shape index (κ2) is 5.60.